The summed E-state index contributed by atoms with van der Waals surface area (Å²) in [6.07, 6.45) is 7.62. The van der Waals surface area contributed by atoms with Gasteiger partial charge < -0.3 is 15.2 Å². The minimum Gasteiger partial charge on any atom is -0.496 e. The monoisotopic (exact) mass is 448 g/mol. The van der Waals surface area contributed by atoms with E-state index < -0.39 is 5.97 Å². The highest BCUT2D eigenvalue weighted by Crippen LogP contribution is 2.36. The number of hydrogen-bond acceptors (Lipinski definition) is 5. The van der Waals surface area contributed by atoms with Crippen molar-refractivity contribution in [2.45, 2.75) is 31.6 Å². The minimum atomic E-state index is -1.10. The molecular weight excluding hydrogens is 424 g/mol. The van der Waals surface area contributed by atoms with Crippen LogP contribution in [0.25, 0.3) is 12.2 Å². The lowest BCUT2D eigenvalue weighted by atomic mass is 9.83. The van der Waals surface area contributed by atoms with Crippen LogP contribution in [0.5, 0.6) is 5.75 Å². The maximum absolute atomic E-state index is 12.6. The average molecular weight is 449 g/mol. The van der Waals surface area contributed by atoms with Crippen LogP contribution < -0.4 is 10.1 Å². The van der Waals surface area contributed by atoms with Crippen molar-refractivity contribution in [2.24, 2.45) is 0 Å². The Hall–Kier alpha value is -3.45. The number of carboxylic acid groups (broad SMARTS) is 1. The van der Waals surface area contributed by atoms with Crippen molar-refractivity contribution < 1.29 is 19.4 Å². The Balaban J connectivity index is 1.43. The van der Waals surface area contributed by atoms with E-state index in [0.717, 1.165) is 10.6 Å². The van der Waals surface area contributed by atoms with Crippen molar-refractivity contribution >= 4 is 41.1 Å². The fourth-order valence-electron chi connectivity index (χ4n) is 3.66. The van der Waals surface area contributed by atoms with Crippen LogP contribution in [0.1, 0.15) is 57.4 Å². The normalized spacial score (nSPS) is 13.7. The molecule has 2 aromatic carbocycles. The van der Waals surface area contributed by atoms with Crippen molar-refractivity contribution in [3.8, 4) is 5.75 Å². The molecule has 1 heterocycles. The Morgan fingerprint density at radius 1 is 1.22 bits per heavy atom. The molecule has 0 saturated heterocycles. The van der Waals surface area contributed by atoms with Crippen molar-refractivity contribution in [1.29, 1.82) is 0 Å². The Bertz CT molecular complexity index is 1160. The molecule has 32 heavy (non-hydrogen) atoms. The van der Waals surface area contributed by atoms with Crippen LogP contribution in [-0.2, 0) is 11.2 Å². The van der Waals surface area contributed by atoms with E-state index in [9.17, 15) is 14.7 Å². The largest absolute Gasteiger partial charge is 0.496 e. The van der Waals surface area contributed by atoms with Crippen LogP contribution in [0.2, 0.25) is 0 Å². The van der Waals surface area contributed by atoms with E-state index in [1.165, 1.54) is 38.1 Å². The molecule has 0 bridgehead atoms. The van der Waals surface area contributed by atoms with Gasteiger partial charge in [0.1, 0.15) is 10.8 Å². The predicted octanol–water partition coefficient (Wildman–Crippen LogP) is 5.47. The van der Waals surface area contributed by atoms with Gasteiger partial charge in [-0.15, -0.1) is 11.3 Å². The van der Waals surface area contributed by atoms with Crippen molar-refractivity contribution in [1.82, 2.24) is 4.98 Å². The molecule has 164 valence electrons. The second-order valence-electron chi connectivity index (χ2n) is 7.71. The number of rotatable bonds is 8. The first-order valence-corrected chi connectivity index (χ1v) is 11.3. The van der Waals surface area contributed by atoms with Gasteiger partial charge in [-0.3, -0.25) is 4.79 Å². The van der Waals surface area contributed by atoms with Gasteiger partial charge in [0.05, 0.1) is 24.8 Å². The molecule has 0 spiro atoms. The van der Waals surface area contributed by atoms with Crippen LogP contribution >= 0.6 is 11.3 Å². The standard InChI is InChI=1S/C25H24N2O4S/c1-31-22-10-4-9-19(25(29)30)20(22)14-23(28)26-18-8-2-5-16(13-18)11-12-24-27-21(15-32-24)17-6-3-7-17/h2,4-5,8-13,15,17H,3,6-7,14H2,1H3,(H,26,28)(H,29,30)/b12-11+. The summed E-state index contributed by atoms with van der Waals surface area (Å²) in [5.41, 5.74) is 3.17. The highest BCUT2D eigenvalue weighted by Gasteiger charge is 2.21. The molecule has 0 atom stereocenters. The van der Waals surface area contributed by atoms with Crippen LogP contribution in [0.15, 0.2) is 47.8 Å². The maximum Gasteiger partial charge on any atom is 0.336 e. The third kappa shape index (κ3) is 5.06. The number of carboxylic acids is 1. The number of thiazole rings is 1. The van der Waals surface area contributed by atoms with Gasteiger partial charge in [-0.05, 0) is 48.7 Å². The number of aromatic carboxylic acids is 1. The number of anilines is 1. The van der Waals surface area contributed by atoms with Crippen LogP contribution in [0, 0.1) is 0 Å². The molecule has 2 N–H and O–H groups in total. The molecule has 1 amide bonds. The van der Waals surface area contributed by atoms with Crippen molar-refractivity contribution in [2.75, 3.05) is 12.4 Å². The second-order valence-corrected chi connectivity index (χ2v) is 8.60. The molecule has 1 aromatic heterocycles. The minimum absolute atomic E-state index is 0.0564. The van der Waals surface area contributed by atoms with E-state index in [1.807, 2.05) is 30.4 Å². The quantitative estimate of drug-likeness (QED) is 0.477. The van der Waals surface area contributed by atoms with Crippen LogP contribution in [-0.4, -0.2) is 29.1 Å². The van der Waals surface area contributed by atoms with Gasteiger partial charge in [-0.25, -0.2) is 9.78 Å². The third-order valence-electron chi connectivity index (χ3n) is 5.57. The van der Waals surface area contributed by atoms with Crippen LogP contribution in [0.3, 0.4) is 0 Å². The lowest BCUT2D eigenvalue weighted by Gasteiger charge is -2.22. The summed E-state index contributed by atoms with van der Waals surface area (Å²) in [6, 6.07) is 12.2. The topological polar surface area (TPSA) is 88.5 Å². The van der Waals surface area contributed by atoms with Crippen LogP contribution in [0.4, 0.5) is 5.69 Å². The van der Waals surface area contributed by atoms with Gasteiger partial charge in [-0.2, -0.15) is 0 Å². The number of methoxy groups -OCH3 is 1. The summed E-state index contributed by atoms with van der Waals surface area (Å²) in [5.74, 6) is -0.414. The molecule has 3 aromatic rings. The van der Waals surface area contributed by atoms with E-state index in [4.69, 9.17) is 9.72 Å². The summed E-state index contributed by atoms with van der Waals surface area (Å²) in [5, 5.41) is 15.4. The number of nitrogens with zero attached hydrogens (tertiary/aromatic N) is 1. The van der Waals surface area contributed by atoms with Gasteiger partial charge in [-0.1, -0.05) is 30.7 Å². The maximum atomic E-state index is 12.6. The van der Waals surface area contributed by atoms with Gasteiger partial charge in [0.15, 0.2) is 0 Å². The number of hydrogen-bond donors (Lipinski definition) is 2. The fraction of sp³-hybridized carbons (Fsp3) is 0.240. The molecule has 0 aliphatic heterocycles. The van der Waals surface area contributed by atoms with E-state index in [0.29, 0.717) is 22.9 Å². The third-order valence-corrected chi connectivity index (χ3v) is 6.40. The molecule has 1 fully saturated rings. The number of benzene rings is 2. The first-order valence-electron chi connectivity index (χ1n) is 10.5. The van der Waals surface area contributed by atoms with E-state index in [1.54, 1.807) is 29.5 Å². The number of carbonyl (C=O) groups excluding carboxylic acids is 1. The molecular formula is C25H24N2O4S. The molecule has 1 aliphatic rings. The number of nitrogens with one attached hydrogen (secondary N) is 1. The molecule has 1 aliphatic carbocycles. The Morgan fingerprint density at radius 2 is 2.03 bits per heavy atom. The number of aromatic nitrogens is 1. The van der Waals surface area contributed by atoms with Gasteiger partial charge in [0.2, 0.25) is 5.91 Å². The zero-order valence-corrected chi connectivity index (χ0v) is 18.5. The van der Waals surface area contributed by atoms with E-state index >= 15 is 0 Å². The highest BCUT2D eigenvalue weighted by molar-refractivity contribution is 7.10. The summed E-state index contributed by atoms with van der Waals surface area (Å²) >= 11 is 1.64. The Kier molecular flexibility index (Phi) is 6.66. The zero-order valence-electron chi connectivity index (χ0n) is 17.7. The number of carbonyl (C=O) groups is 2. The summed E-state index contributed by atoms with van der Waals surface area (Å²) in [6.45, 7) is 0. The highest BCUT2D eigenvalue weighted by atomic mass is 32.1. The molecule has 7 heteroatoms. The average Bonchev–Trinajstić information content (AvgIpc) is 3.19. The molecule has 0 radical (unpaired) electrons. The number of amides is 1. The molecule has 4 rings (SSSR count). The first kappa shape index (κ1) is 21.8. The molecule has 1 saturated carbocycles. The SMILES string of the molecule is COc1cccc(C(=O)O)c1CC(=O)Nc1cccc(/C=C/c2nc(C3CCC3)cs2)c1. The fourth-order valence-corrected chi connectivity index (χ4v) is 4.45. The van der Waals surface area contributed by atoms with Gasteiger partial charge in [0.25, 0.3) is 0 Å². The lowest BCUT2D eigenvalue weighted by Crippen LogP contribution is -2.17. The summed E-state index contributed by atoms with van der Waals surface area (Å²) in [7, 11) is 1.45. The summed E-state index contributed by atoms with van der Waals surface area (Å²) < 4.78 is 5.25. The first-order chi connectivity index (χ1) is 15.5. The number of ether oxygens (including phenoxy) is 1. The zero-order chi connectivity index (χ0) is 22.5. The van der Waals surface area contributed by atoms with Crippen molar-refractivity contribution in [3.63, 3.8) is 0 Å². The predicted molar refractivity (Wildman–Crippen MR) is 126 cm³/mol. The van der Waals surface area contributed by atoms with Gasteiger partial charge in [0, 0.05) is 22.5 Å². The Labute approximate surface area is 190 Å². The smallest absolute Gasteiger partial charge is 0.336 e. The molecule has 0 unspecified atom stereocenters. The molecule has 6 nitrogen and oxygen atoms in total. The Morgan fingerprint density at radius 3 is 2.75 bits per heavy atom. The lowest BCUT2D eigenvalue weighted by molar-refractivity contribution is -0.115. The van der Waals surface area contributed by atoms with Crippen molar-refractivity contribution in [3.05, 3.63) is 75.2 Å². The van der Waals surface area contributed by atoms with Gasteiger partial charge >= 0.3 is 5.97 Å². The summed E-state index contributed by atoms with van der Waals surface area (Å²) in [4.78, 5) is 28.9. The van der Waals surface area contributed by atoms with E-state index in [-0.39, 0.29) is 17.9 Å². The van der Waals surface area contributed by atoms with E-state index in [2.05, 4.69) is 10.7 Å². The second kappa shape index (κ2) is 9.78.